The van der Waals surface area contributed by atoms with Gasteiger partial charge >= 0.3 is 0 Å². The molecule has 1 aromatic carbocycles. The normalized spacial score (nSPS) is 11.0. The summed E-state index contributed by atoms with van der Waals surface area (Å²) < 4.78 is 11.6. The van der Waals surface area contributed by atoms with Gasteiger partial charge in [0.25, 0.3) is 0 Å². The molecule has 0 saturated heterocycles. The van der Waals surface area contributed by atoms with E-state index in [1.807, 2.05) is 24.4 Å². The number of methoxy groups -OCH3 is 2. The summed E-state index contributed by atoms with van der Waals surface area (Å²) >= 11 is 5.01. The van der Waals surface area contributed by atoms with Crippen molar-refractivity contribution in [3.05, 3.63) is 44.5 Å². The summed E-state index contributed by atoms with van der Waals surface area (Å²) in [5.41, 5.74) is 2.56. The van der Waals surface area contributed by atoms with Gasteiger partial charge in [-0.1, -0.05) is 15.9 Å². The van der Waals surface area contributed by atoms with Crippen LogP contribution >= 0.6 is 27.3 Å². The minimum Gasteiger partial charge on any atom is -0.493 e. The molecule has 0 unspecified atom stereocenters. The molecule has 0 aliphatic rings. The Morgan fingerprint density at radius 1 is 1.38 bits per heavy atom. The number of hydrogen-bond donors (Lipinski definition) is 1. The summed E-state index contributed by atoms with van der Waals surface area (Å²) in [7, 11) is 3.23. The van der Waals surface area contributed by atoms with Crippen LogP contribution in [0.3, 0.4) is 0 Å². The molecule has 126 valence electrons. The maximum atomic E-state index is 9.25. The van der Waals surface area contributed by atoms with Gasteiger partial charge in [0.1, 0.15) is 16.6 Å². The molecule has 1 N–H and O–H groups in total. The highest BCUT2D eigenvalue weighted by molar-refractivity contribution is 9.10. The Labute approximate surface area is 154 Å². The van der Waals surface area contributed by atoms with Crippen LogP contribution in [-0.4, -0.2) is 25.7 Å². The number of halogens is 1. The molecular weight excluding hydrogens is 390 g/mol. The third-order valence-electron chi connectivity index (χ3n) is 3.31. The van der Waals surface area contributed by atoms with E-state index < -0.39 is 0 Å². The van der Waals surface area contributed by atoms with E-state index in [4.69, 9.17) is 9.47 Å². The Hall–Kier alpha value is -2.04. The highest BCUT2D eigenvalue weighted by Gasteiger charge is 2.09. The van der Waals surface area contributed by atoms with E-state index in [1.165, 1.54) is 11.3 Å². The maximum absolute atomic E-state index is 9.25. The average Bonchev–Trinajstić information content (AvgIpc) is 3.01. The molecular formula is C17H18BrN3O2S. The van der Waals surface area contributed by atoms with Gasteiger partial charge < -0.3 is 14.8 Å². The van der Waals surface area contributed by atoms with E-state index >= 15 is 0 Å². The number of allylic oxidation sites excluding steroid dienone is 1. The van der Waals surface area contributed by atoms with Crippen molar-refractivity contribution in [1.82, 2.24) is 10.3 Å². The minimum absolute atomic E-state index is 0.541. The largest absolute Gasteiger partial charge is 0.493 e. The Morgan fingerprint density at radius 2 is 2.08 bits per heavy atom. The number of hydrogen-bond acceptors (Lipinski definition) is 6. The SMILES string of the molecule is COc1cc(Br)c(CCN/C=C(\C#N)c2nc(C)cs2)cc1OC. The van der Waals surface area contributed by atoms with Gasteiger partial charge in [-0.3, -0.25) is 0 Å². The Morgan fingerprint density at radius 3 is 2.67 bits per heavy atom. The first-order valence-electron chi connectivity index (χ1n) is 7.25. The lowest BCUT2D eigenvalue weighted by Gasteiger charge is -2.12. The van der Waals surface area contributed by atoms with Gasteiger partial charge in [0.2, 0.25) is 0 Å². The summed E-state index contributed by atoms with van der Waals surface area (Å²) in [4.78, 5) is 4.32. The molecule has 24 heavy (non-hydrogen) atoms. The van der Waals surface area contributed by atoms with E-state index in [0.29, 0.717) is 23.6 Å². The van der Waals surface area contributed by atoms with E-state index in [-0.39, 0.29) is 0 Å². The second-order valence-electron chi connectivity index (χ2n) is 4.97. The van der Waals surface area contributed by atoms with Crippen molar-refractivity contribution in [2.24, 2.45) is 0 Å². The van der Waals surface area contributed by atoms with Crippen molar-refractivity contribution in [2.75, 3.05) is 20.8 Å². The minimum atomic E-state index is 0.541. The summed E-state index contributed by atoms with van der Waals surface area (Å²) in [6.45, 7) is 2.60. The van der Waals surface area contributed by atoms with Gasteiger partial charge in [-0.2, -0.15) is 5.26 Å². The monoisotopic (exact) mass is 407 g/mol. The van der Waals surface area contributed by atoms with Gasteiger partial charge in [0.05, 0.1) is 14.2 Å². The first kappa shape index (κ1) is 18.3. The summed E-state index contributed by atoms with van der Waals surface area (Å²) in [5.74, 6) is 1.38. The van der Waals surface area contributed by atoms with Crippen LogP contribution in [0, 0.1) is 18.3 Å². The quantitative estimate of drug-likeness (QED) is 0.556. The van der Waals surface area contributed by atoms with E-state index in [0.717, 1.165) is 27.2 Å². The second kappa shape index (κ2) is 8.71. The fourth-order valence-electron chi connectivity index (χ4n) is 2.09. The maximum Gasteiger partial charge on any atom is 0.161 e. The number of nitrogens with zero attached hydrogens (tertiary/aromatic N) is 2. The predicted octanol–water partition coefficient (Wildman–Crippen LogP) is 3.93. The third kappa shape index (κ3) is 4.49. The second-order valence-corrected chi connectivity index (χ2v) is 6.68. The number of ether oxygens (including phenoxy) is 2. The number of rotatable bonds is 7. The van der Waals surface area contributed by atoms with Gasteiger partial charge in [-0.05, 0) is 31.0 Å². The molecule has 0 atom stereocenters. The summed E-state index contributed by atoms with van der Waals surface area (Å²) in [6.07, 6.45) is 2.49. The number of benzene rings is 1. The van der Waals surface area contributed by atoms with Crippen molar-refractivity contribution in [2.45, 2.75) is 13.3 Å². The van der Waals surface area contributed by atoms with Crippen LogP contribution in [-0.2, 0) is 6.42 Å². The molecule has 0 bridgehead atoms. The first-order valence-corrected chi connectivity index (χ1v) is 8.92. The van der Waals surface area contributed by atoms with Crippen molar-refractivity contribution < 1.29 is 9.47 Å². The zero-order valence-corrected chi connectivity index (χ0v) is 16.1. The number of nitriles is 1. The van der Waals surface area contributed by atoms with Crippen molar-refractivity contribution in [1.29, 1.82) is 5.26 Å². The van der Waals surface area contributed by atoms with Crippen LogP contribution in [0.1, 0.15) is 16.3 Å². The van der Waals surface area contributed by atoms with Crippen molar-refractivity contribution in [3.8, 4) is 17.6 Å². The topological polar surface area (TPSA) is 67.2 Å². The molecule has 1 aromatic heterocycles. The number of nitrogens with one attached hydrogen (secondary N) is 1. The van der Waals surface area contributed by atoms with Gasteiger partial charge in [-0.15, -0.1) is 11.3 Å². The van der Waals surface area contributed by atoms with E-state index in [9.17, 15) is 5.26 Å². The molecule has 0 aliphatic heterocycles. The lowest BCUT2D eigenvalue weighted by atomic mass is 10.1. The Kier molecular flexibility index (Phi) is 6.64. The van der Waals surface area contributed by atoms with Crippen LogP contribution in [0.25, 0.3) is 5.57 Å². The number of thiazole rings is 1. The molecule has 0 aliphatic carbocycles. The molecule has 0 fully saturated rings. The van der Waals surface area contributed by atoms with E-state index in [1.54, 1.807) is 20.4 Å². The molecule has 7 heteroatoms. The standard InChI is InChI=1S/C17H18BrN3O2S/c1-11-10-24-17(21-11)13(8-19)9-20-5-4-12-6-15(22-2)16(23-3)7-14(12)18/h6-7,9-10,20H,4-5H2,1-3H3/b13-9+. The van der Waals surface area contributed by atoms with Crippen molar-refractivity contribution >= 4 is 32.8 Å². The van der Waals surface area contributed by atoms with Crippen LogP contribution < -0.4 is 14.8 Å². The molecule has 0 radical (unpaired) electrons. The Bertz CT molecular complexity index is 781. The van der Waals surface area contributed by atoms with Crippen LogP contribution in [0.15, 0.2) is 28.2 Å². The van der Waals surface area contributed by atoms with Crippen LogP contribution in [0.5, 0.6) is 11.5 Å². The van der Waals surface area contributed by atoms with Gasteiger partial charge in [0, 0.05) is 28.3 Å². The van der Waals surface area contributed by atoms with E-state index in [2.05, 4.69) is 32.3 Å². The zero-order valence-electron chi connectivity index (χ0n) is 13.7. The molecule has 2 rings (SSSR count). The lowest BCUT2D eigenvalue weighted by molar-refractivity contribution is 0.354. The zero-order chi connectivity index (χ0) is 17.5. The fraction of sp³-hybridized carbons (Fsp3) is 0.294. The highest BCUT2D eigenvalue weighted by Crippen LogP contribution is 2.33. The first-order chi connectivity index (χ1) is 11.6. The molecule has 1 heterocycles. The third-order valence-corrected chi connectivity index (χ3v) is 5.04. The highest BCUT2D eigenvalue weighted by atomic mass is 79.9. The predicted molar refractivity (Wildman–Crippen MR) is 99.4 cm³/mol. The molecule has 0 amide bonds. The van der Waals surface area contributed by atoms with Crippen LogP contribution in [0.4, 0.5) is 0 Å². The van der Waals surface area contributed by atoms with Crippen molar-refractivity contribution in [3.63, 3.8) is 0 Å². The number of aromatic nitrogens is 1. The molecule has 5 nitrogen and oxygen atoms in total. The Balaban J connectivity index is 2.01. The average molecular weight is 408 g/mol. The summed E-state index contributed by atoms with van der Waals surface area (Å²) in [5, 5.41) is 15.1. The van der Waals surface area contributed by atoms with Gasteiger partial charge in [0.15, 0.2) is 11.5 Å². The molecule has 2 aromatic rings. The molecule has 0 saturated carbocycles. The lowest BCUT2D eigenvalue weighted by Crippen LogP contribution is -2.11. The number of aryl methyl sites for hydroxylation is 1. The fourth-order valence-corrected chi connectivity index (χ4v) is 3.37. The summed E-state index contributed by atoms with van der Waals surface area (Å²) in [6, 6.07) is 6.02. The van der Waals surface area contributed by atoms with Crippen LogP contribution in [0.2, 0.25) is 0 Å². The van der Waals surface area contributed by atoms with Gasteiger partial charge in [-0.25, -0.2) is 4.98 Å². The molecule has 0 spiro atoms. The smallest absolute Gasteiger partial charge is 0.161 e.